The fraction of sp³-hybridized carbons (Fsp3) is 0.846. The van der Waals surface area contributed by atoms with E-state index in [-0.39, 0.29) is 11.7 Å². The van der Waals surface area contributed by atoms with Gasteiger partial charge in [0, 0.05) is 14.7 Å². The lowest BCUT2D eigenvalue weighted by Crippen LogP contribution is -2.60. The van der Waals surface area contributed by atoms with E-state index in [1.807, 2.05) is 0 Å². The van der Waals surface area contributed by atoms with Gasteiger partial charge >= 0.3 is 0 Å². The zero-order valence-corrected chi connectivity index (χ0v) is 14.1. The van der Waals surface area contributed by atoms with Crippen molar-refractivity contribution in [1.82, 2.24) is 0 Å². The molecule has 1 heterocycles. The summed E-state index contributed by atoms with van der Waals surface area (Å²) in [4.78, 5) is 0. The zero-order chi connectivity index (χ0) is 13.2. The fourth-order valence-electron chi connectivity index (χ4n) is 2.20. The molecule has 0 spiro atoms. The van der Waals surface area contributed by atoms with Crippen molar-refractivity contribution in [3.8, 4) is 0 Å². The summed E-state index contributed by atoms with van der Waals surface area (Å²) in [6, 6.07) is 1.18. The average molecular weight is 335 g/mol. The van der Waals surface area contributed by atoms with Crippen LogP contribution in [-0.4, -0.2) is 39.8 Å². The van der Waals surface area contributed by atoms with Gasteiger partial charge in [-0.3, -0.25) is 0 Å². The quantitative estimate of drug-likeness (QED) is 0.422. The summed E-state index contributed by atoms with van der Waals surface area (Å²) in [6.45, 7) is 8.90. The Morgan fingerprint density at radius 2 is 2.28 bits per heavy atom. The monoisotopic (exact) mass is 334 g/mol. The Bertz CT molecular complexity index is 327. The van der Waals surface area contributed by atoms with Crippen molar-refractivity contribution in [1.29, 1.82) is 0 Å². The molecule has 1 fully saturated rings. The molecule has 0 radical (unpaired) electrons. The highest BCUT2D eigenvalue weighted by Crippen LogP contribution is 2.41. The molecule has 0 aromatic carbocycles. The van der Waals surface area contributed by atoms with Crippen molar-refractivity contribution in [2.24, 2.45) is 0 Å². The van der Waals surface area contributed by atoms with Gasteiger partial charge in [0.15, 0.2) is 0 Å². The van der Waals surface area contributed by atoms with Crippen LogP contribution in [0.3, 0.4) is 0 Å². The van der Waals surface area contributed by atoms with Crippen molar-refractivity contribution >= 4 is 24.0 Å². The lowest BCUT2D eigenvalue weighted by atomic mass is 9.84. The van der Waals surface area contributed by atoms with Crippen molar-refractivity contribution in [3.05, 3.63) is 10.6 Å². The molecule has 2 aliphatic rings. The van der Waals surface area contributed by atoms with Gasteiger partial charge in [-0.05, 0) is 29.4 Å². The number of rotatable bonds is 6. The van der Waals surface area contributed by atoms with Crippen LogP contribution in [0.15, 0.2) is 10.6 Å². The number of allylic oxidation sites excluding steroid dienone is 1. The van der Waals surface area contributed by atoms with Crippen LogP contribution >= 0.6 is 15.9 Å². The molecule has 3 nitrogen and oxygen atoms in total. The van der Waals surface area contributed by atoms with Gasteiger partial charge in [-0.1, -0.05) is 35.6 Å². The highest BCUT2D eigenvalue weighted by molar-refractivity contribution is 9.11. The van der Waals surface area contributed by atoms with E-state index in [1.165, 1.54) is 10.5 Å². The Morgan fingerprint density at radius 1 is 1.50 bits per heavy atom. The lowest BCUT2D eigenvalue weighted by Gasteiger charge is -2.49. The van der Waals surface area contributed by atoms with Crippen LogP contribution in [0.4, 0.5) is 0 Å². The first-order valence-electron chi connectivity index (χ1n) is 6.62. The molecule has 1 aliphatic heterocycles. The van der Waals surface area contributed by atoms with Gasteiger partial charge in [0.25, 0.3) is 0 Å². The molecular weight excluding hydrogens is 312 g/mol. The van der Waals surface area contributed by atoms with Crippen LogP contribution in [0.25, 0.3) is 0 Å². The second kappa shape index (κ2) is 5.75. The highest BCUT2D eigenvalue weighted by atomic mass is 79.9. The lowest BCUT2D eigenvalue weighted by molar-refractivity contribution is -0.267. The van der Waals surface area contributed by atoms with Gasteiger partial charge in [-0.2, -0.15) is 0 Å². The van der Waals surface area contributed by atoms with Crippen molar-refractivity contribution in [2.75, 3.05) is 20.0 Å². The normalized spacial score (nSPS) is 31.6. The first-order valence-corrected chi connectivity index (χ1v) is 11.1. The maximum Gasteiger partial charge on any atom is 0.148 e. The molecule has 1 saturated heterocycles. The maximum atomic E-state index is 5.92. The molecule has 0 amide bonds. The number of halogens is 1. The molecule has 0 aromatic heterocycles. The van der Waals surface area contributed by atoms with E-state index in [2.05, 4.69) is 41.6 Å². The molecule has 2 atom stereocenters. The molecular formula is C13H23BrO3Si. The SMILES string of the molecule is C[Si](C)(C)CCOCO[C@]12C=C(Br)CCC1OC2. The van der Waals surface area contributed by atoms with Crippen LogP contribution in [-0.2, 0) is 14.2 Å². The molecule has 0 bridgehead atoms. The van der Waals surface area contributed by atoms with Crippen LogP contribution in [0.1, 0.15) is 12.8 Å². The fourth-order valence-corrected chi connectivity index (χ4v) is 3.57. The minimum Gasteiger partial charge on any atom is -0.371 e. The summed E-state index contributed by atoms with van der Waals surface area (Å²) in [5.41, 5.74) is -0.226. The number of hydrogen-bond acceptors (Lipinski definition) is 3. The van der Waals surface area contributed by atoms with Crippen LogP contribution in [0.2, 0.25) is 25.7 Å². The van der Waals surface area contributed by atoms with E-state index in [4.69, 9.17) is 14.2 Å². The molecule has 2 rings (SSSR count). The molecule has 5 heteroatoms. The van der Waals surface area contributed by atoms with Gasteiger partial charge < -0.3 is 14.2 Å². The first-order chi connectivity index (χ1) is 8.41. The summed E-state index contributed by atoms with van der Waals surface area (Å²) >= 11 is 3.56. The van der Waals surface area contributed by atoms with Gasteiger partial charge in [0.1, 0.15) is 12.4 Å². The third-order valence-electron chi connectivity index (χ3n) is 3.51. The second-order valence-corrected chi connectivity index (χ2v) is 13.0. The molecule has 1 aliphatic carbocycles. The Hall–Kier alpha value is 0.317. The topological polar surface area (TPSA) is 27.7 Å². The van der Waals surface area contributed by atoms with E-state index < -0.39 is 8.07 Å². The Labute approximate surface area is 119 Å². The predicted molar refractivity (Wildman–Crippen MR) is 78.8 cm³/mol. The van der Waals surface area contributed by atoms with Crippen molar-refractivity contribution in [2.45, 2.75) is 50.2 Å². The summed E-state index contributed by atoms with van der Waals surface area (Å²) in [5, 5.41) is 0. The number of fused-ring (bicyclic) bond motifs is 1. The first kappa shape index (κ1) is 14.7. The van der Waals surface area contributed by atoms with Gasteiger partial charge in [-0.15, -0.1) is 0 Å². The third kappa shape index (κ3) is 3.67. The summed E-state index contributed by atoms with van der Waals surface area (Å²) < 4.78 is 18.3. The Balaban J connectivity index is 1.72. The van der Waals surface area contributed by atoms with E-state index in [9.17, 15) is 0 Å². The molecule has 0 aromatic rings. The minimum atomic E-state index is -1.00. The van der Waals surface area contributed by atoms with E-state index in [1.54, 1.807) is 0 Å². The summed E-state index contributed by atoms with van der Waals surface area (Å²) in [6.07, 6.45) is 4.46. The maximum absolute atomic E-state index is 5.92. The van der Waals surface area contributed by atoms with E-state index in [0.717, 1.165) is 19.4 Å². The molecule has 0 N–H and O–H groups in total. The summed E-state index contributed by atoms with van der Waals surface area (Å²) in [7, 11) is -1.00. The molecule has 0 saturated carbocycles. The Morgan fingerprint density at radius 3 is 2.89 bits per heavy atom. The number of ether oxygens (including phenoxy) is 3. The van der Waals surface area contributed by atoms with Gasteiger partial charge in [-0.25, -0.2) is 0 Å². The molecule has 18 heavy (non-hydrogen) atoms. The smallest absolute Gasteiger partial charge is 0.148 e. The van der Waals surface area contributed by atoms with E-state index >= 15 is 0 Å². The molecule has 1 unspecified atom stereocenters. The highest BCUT2D eigenvalue weighted by Gasteiger charge is 2.50. The largest absolute Gasteiger partial charge is 0.371 e. The van der Waals surface area contributed by atoms with Crippen LogP contribution in [0, 0.1) is 0 Å². The van der Waals surface area contributed by atoms with Gasteiger partial charge in [0.05, 0.1) is 12.7 Å². The second-order valence-electron chi connectivity index (χ2n) is 6.37. The van der Waals surface area contributed by atoms with Crippen molar-refractivity contribution < 1.29 is 14.2 Å². The van der Waals surface area contributed by atoms with E-state index in [0.29, 0.717) is 13.4 Å². The van der Waals surface area contributed by atoms with Crippen LogP contribution < -0.4 is 0 Å². The minimum absolute atomic E-state index is 0.222. The van der Waals surface area contributed by atoms with Crippen LogP contribution in [0.5, 0.6) is 0 Å². The van der Waals surface area contributed by atoms with Gasteiger partial charge in [0.2, 0.25) is 0 Å². The number of hydrogen-bond donors (Lipinski definition) is 0. The van der Waals surface area contributed by atoms with Crippen molar-refractivity contribution in [3.63, 3.8) is 0 Å². The molecule has 104 valence electrons. The Kier molecular flexibility index (Phi) is 4.70. The third-order valence-corrected chi connectivity index (χ3v) is 5.84. The average Bonchev–Trinajstić information content (AvgIpc) is 2.22. The zero-order valence-electron chi connectivity index (χ0n) is 11.5. The standard InChI is InChI=1S/C13H23BrO3Si/c1-18(2,3)7-6-15-10-17-13-8-11(14)4-5-12(13)16-9-13/h8,12H,4-7,9-10H2,1-3H3/t12?,13-/m0/s1. The summed E-state index contributed by atoms with van der Waals surface area (Å²) in [5.74, 6) is 0. The predicted octanol–water partition coefficient (Wildman–Crippen LogP) is 3.53.